The molecule has 0 saturated carbocycles. The third-order valence-corrected chi connectivity index (χ3v) is 3.58. The van der Waals surface area contributed by atoms with E-state index in [-0.39, 0.29) is 24.8 Å². The van der Waals surface area contributed by atoms with Crippen LogP contribution in [0.3, 0.4) is 0 Å². The molecule has 1 aliphatic rings. The second-order valence-electron chi connectivity index (χ2n) is 5.23. The minimum atomic E-state index is -2.87. The van der Waals surface area contributed by atoms with Gasteiger partial charge in [0.25, 0.3) is 0 Å². The molecule has 1 aromatic rings. The summed E-state index contributed by atoms with van der Waals surface area (Å²) in [6, 6.07) is 4.01. The fourth-order valence-electron chi connectivity index (χ4n) is 2.61. The van der Waals surface area contributed by atoms with Gasteiger partial charge in [-0.05, 0) is 42.5 Å². The summed E-state index contributed by atoms with van der Waals surface area (Å²) in [6.07, 6.45) is 2.12. The smallest absolute Gasteiger partial charge is 0.387 e. The Kier molecular flexibility index (Phi) is 5.72. The maximum Gasteiger partial charge on any atom is 0.387 e. The van der Waals surface area contributed by atoms with Crippen molar-refractivity contribution in [3.05, 3.63) is 29.3 Å². The predicted molar refractivity (Wildman–Crippen MR) is 77.5 cm³/mol. The Morgan fingerprint density at radius 3 is 2.87 bits per heavy atom. The number of urea groups is 1. The van der Waals surface area contributed by atoms with E-state index in [9.17, 15) is 18.4 Å². The molecule has 8 heteroatoms. The number of carboxylic acid groups (broad SMARTS) is 1. The van der Waals surface area contributed by atoms with Crippen LogP contribution < -0.4 is 15.4 Å². The number of fused-ring (bicyclic) bond motifs is 1. The highest BCUT2D eigenvalue weighted by atomic mass is 19.3. The average Bonchev–Trinajstić information content (AvgIpc) is 2.46. The Labute approximate surface area is 131 Å². The molecule has 0 aliphatic heterocycles. The first-order valence-electron chi connectivity index (χ1n) is 7.29. The number of amides is 2. The summed E-state index contributed by atoms with van der Waals surface area (Å²) in [4.78, 5) is 22.2. The Hall–Kier alpha value is -2.38. The van der Waals surface area contributed by atoms with Gasteiger partial charge in [0, 0.05) is 6.54 Å². The highest BCUT2D eigenvalue weighted by Gasteiger charge is 2.22. The number of aryl methyl sites for hydroxylation is 1. The van der Waals surface area contributed by atoms with Gasteiger partial charge in [-0.15, -0.1) is 0 Å². The van der Waals surface area contributed by atoms with Crippen molar-refractivity contribution in [2.75, 3.05) is 6.54 Å². The zero-order valence-electron chi connectivity index (χ0n) is 12.4. The van der Waals surface area contributed by atoms with Gasteiger partial charge in [0.05, 0.1) is 12.5 Å². The van der Waals surface area contributed by atoms with Crippen molar-refractivity contribution < 1.29 is 28.2 Å². The molecule has 2 amide bonds. The number of carbonyl (C=O) groups is 2. The Morgan fingerprint density at radius 2 is 2.17 bits per heavy atom. The molecule has 1 atom stereocenters. The lowest BCUT2D eigenvalue weighted by Gasteiger charge is -2.27. The molecule has 126 valence electrons. The molecule has 2 rings (SSSR count). The first-order valence-corrected chi connectivity index (χ1v) is 7.29. The van der Waals surface area contributed by atoms with Crippen LogP contribution in [0.2, 0.25) is 0 Å². The summed E-state index contributed by atoms with van der Waals surface area (Å²) in [5.41, 5.74) is 1.73. The zero-order valence-corrected chi connectivity index (χ0v) is 12.4. The van der Waals surface area contributed by atoms with Crippen molar-refractivity contribution >= 4 is 12.0 Å². The quantitative estimate of drug-likeness (QED) is 0.748. The van der Waals surface area contributed by atoms with Gasteiger partial charge in [0.1, 0.15) is 5.75 Å². The van der Waals surface area contributed by atoms with Crippen LogP contribution in [0, 0.1) is 0 Å². The van der Waals surface area contributed by atoms with Gasteiger partial charge in [-0.1, -0.05) is 6.07 Å². The summed E-state index contributed by atoms with van der Waals surface area (Å²) < 4.78 is 28.9. The third-order valence-electron chi connectivity index (χ3n) is 3.58. The molecular formula is C15H18F2N2O4. The van der Waals surface area contributed by atoms with Gasteiger partial charge in [-0.2, -0.15) is 8.78 Å². The highest BCUT2D eigenvalue weighted by Crippen LogP contribution is 2.32. The van der Waals surface area contributed by atoms with Crippen molar-refractivity contribution in [3.63, 3.8) is 0 Å². The number of rotatable bonds is 6. The highest BCUT2D eigenvalue weighted by molar-refractivity contribution is 5.75. The number of hydrogen-bond donors (Lipinski definition) is 3. The average molecular weight is 328 g/mol. The maximum atomic E-state index is 12.2. The number of alkyl halides is 2. The number of benzene rings is 1. The summed E-state index contributed by atoms with van der Waals surface area (Å²) in [5, 5.41) is 13.8. The first kappa shape index (κ1) is 17.0. The van der Waals surface area contributed by atoms with Crippen molar-refractivity contribution in [2.45, 2.75) is 38.3 Å². The van der Waals surface area contributed by atoms with Gasteiger partial charge in [0.2, 0.25) is 0 Å². The minimum Gasteiger partial charge on any atom is -0.481 e. The summed E-state index contributed by atoms with van der Waals surface area (Å²) >= 11 is 0. The fourth-order valence-corrected chi connectivity index (χ4v) is 2.61. The molecule has 0 radical (unpaired) electrons. The monoisotopic (exact) mass is 328 g/mol. The normalized spacial score (nSPS) is 16.6. The van der Waals surface area contributed by atoms with Gasteiger partial charge >= 0.3 is 18.6 Å². The van der Waals surface area contributed by atoms with Crippen LogP contribution in [0.5, 0.6) is 5.75 Å². The number of halogens is 2. The molecule has 0 bridgehead atoms. The van der Waals surface area contributed by atoms with Crippen LogP contribution in [-0.2, 0) is 11.2 Å². The molecule has 0 spiro atoms. The molecule has 3 N–H and O–H groups in total. The first-order chi connectivity index (χ1) is 11.0. The van der Waals surface area contributed by atoms with Crippen LogP contribution >= 0.6 is 0 Å². The van der Waals surface area contributed by atoms with Crippen molar-refractivity contribution in [1.82, 2.24) is 10.6 Å². The molecule has 0 aromatic heterocycles. The lowest BCUT2D eigenvalue weighted by atomic mass is 9.87. The van der Waals surface area contributed by atoms with E-state index in [2.05, 4.69) is 15.4 Å². The minimum absolute atomic E-state index is 0.0436. The van der Waals surface area contributed by atoms with Crippen LogP contribution in [0.1, 0.15) is 36.4 Å². The van der Waals surface area contributed by atoms with Crippen molar-refractivity contribution in [3.8, 4) is 5.75 Å². The second-order valence-corrected chi connectivity index (χ2v) is 5.23. The summed E-state index contributed by atoms with van der Waals surface area (Å²) in [6.45, 7) is -2.83. The lowest BCUT2D eigenvalue weighted by Crippen LogP contribution is -2.39. The zero-order chi connectivity index (χ0) is 16.8. The van der Waals surface area contributed by atoms with Crippen molar-refractivity contribution in [2.24, 2.45) is 0 Å². The maximum absolute atomic E-state index is 12.2. The molecule has 1 aromatic carbocycles. The van der Waals surface area contributed by atoms with Crippen LogP contribution in [0.15, 0.2) is 18.2 Å². The molecule has 1 unspecified atom stereocenters. The lowest BCUT2D eigenvalue weighted by molar-refractivity contribution is -0.136. The Balaban J connectivity index is 1.98. The third kappa shape index (κ3) is 5.08. The van der Waals surface area contributed by atoms with E-state index in [1.54, 1.807) is 12.1 Å². The van der Waals surface area contributed by atoms with Gasteiger partial charge in [-0.25, -0.2) is 4.79 Å². The molecule has 1 aliphatic carbocycles. The topological polar surface area (TPSA) is 87.7 Å². The number of ether oxygens (including phenoxy) is 1. The molecule has 23 heavy (non-hydrogen) atoms. The van der Waals surface area contributed by atoms with Crippen LogP contribution in [0.25, 0.3) is 0 Å². The molecule has 0 fully saturated rings. The van der Waals surface area contributed by atoms with Gasteiger partial charge in [-0.3, -0.25) is 4.79 Å². The van der Waals surface area contributed by atoms with E-state index < -0.39 is 18.6 Å². The SMILES string of the molecule is O=C(O)CCNC(=O)NC1CCCc2cc(OC(F)F)ccc21. The largest absolute Gasteiger partial charge is 0.481 e. The van der Waals surface area contributed by atoms with Gasteiger partial charge in [0.15, 0.2) is 0 Å². The molecule has 0 saturated heterocycles. The standard InChI is InChI=1S/C15H18F2N2O4/c16-14(17)23-10-4-5-11-9(8-10)2-1-3-12(11)19-15(22)18-7-6-13(20)21/h4-5,8,12,14H,1-3,6-7H2,(H,20,21)(H2,18,19,22). The Morgan fingerprint density at radius 1 is 1.39 bits per heavy atom. The number of carbonyl (C=O) groups excluding carboxylic acids is 1. The summed E-state index contributed by atoms with van der Waals surface area (Å²) in [5.74, 6) is -0.884. The predicted octanol–water partition coefficient (Wildman–Crippen LogP) is 2.44. The van der Waals surface area contributed by atoms with E-state index in [1.165, 1.54) is 6.07 Å². The molecular weight excluding hydrogens is 310 g/mol. The van der Waals surface area contributed by atoms with Gasteiger partial charge < -0.3 is 20.5 Å². The summed E-state index contributed by atoms with van der Waals surface area (Å²) in [7, 11) is 0. The Bertz CT molecular complexity index is 581. The number of hydrogen-bond acceptors (Lipinski definition) is 3. The molecule has 0 heterocycles. The number of nitrogens with one attached hydrogen (secondary N) is 2. The van der Waals surface area contributed by atoms with Crippen LogP contribution in [0.4, 0.5) is 13.6 Å². The van der Waals surface area contributed by atoms with E-state index in [0.29, 0.717) is 0 Å². The number of aliphatic carboxylic acids is 1. The fraction of sp³-hybridized carbons (Fsp3) is 0.467. The van der Waals surface area contributed by atoms with Crippen LogP contribution in [-0.4, -0.2) is 30.3 Å². The number of carboxylic acids is 1. The van der Waals surface area contributed by atoms with E-state index in [4.69, 9.17) is 5.11 Å². The molecule has 6 nitrogen and oxygen atoms in total. The second kappa shape index (κ2) is 7.75. The van der Waals surface area contributed by atoms with E-state index in [0.717, 1.165) is 30.4 Å². The van der Waals surface area contributed by atoms with E-state index in [1.807, 2.05) is 0 Å². The van der Waals surface area contributed by atoms with Crippen molar-refractivity contribution in [1.29, 1.82) is 0 Å². The van der Waals surface area contributed by atoms with E-state index >= 15 is 0 Å².